The number of nitrogens with zero attached hydrogens (tertiary/aromatic N) is 2. The van der Waals surface area contributed by atoms with Gasteiger partial charge in [-0.15, -0.1) is 10.2 Å². The van der Waals surface area contributed by atoms with Crippen LogP contribution in [0.2, 0.25) is 0 Å². The summed E-state index contributed by atoms with van der Waals surface area (Å²) in [6, 6.07) is 15.3. The molecule has 1 N–H and O–H groups in total. The fraction of sp³-hybridized carbons (Fsp3) is 0.286. The average molecular weight is 398 g/mol. The van der Waals surface area contributed by atoms with Gasteiger partial charge in [-0.1, -0.05) is 37.3 Å². The van der Waals surface area contributed by atoms with Crippen molar-refractivity contribution in [2.24, 2.45) is 0 Å². The molecule has 1 amide bonds. The second-order valence-corrected chi connectivity index (χ2v) is 7.12. The van der Waals surface area contributed by atoms with Crippen molar-refractivity contribution in [3.05, 3.63) is 54.1 Å². The van der Waals surface area contributed by atoms with Crippen LogP contribution < -0.4 is 14.8 Å². The molecule has 28 heavy (non-hydrogen) atoms. The Kier molecular flexibility index (Phi) is 6.60. The van der Waals surface area contributed by atoms with Gasteiger partial charge in [0.2, 0.25) is 5.13 Å². The summed E-state index contributed by atoms with van der Waals surface area (Å²) in [4.78, 5) is 12.6. The molecule has 0 spiro atoms. The molecule has 0 aliphatic heterocycles. The maximum Gasteiger partial charge on any atom is 0.267 e. The number of methoxy groups -OCH3 is 1. The van der Waals surface area contributed by atoms with Crippen molar-refractivity contribution in [1.29, 1.82) is 0 Å². The van der Waals surface area contributed by atoms with Crippen molar-refractivity contribution in [1.82, 2.24) is 10.2 Å². The van der Waals surface area contributed by atoms with Gasteiger partial charge >= 0.3 is 0 Å². The third-order valence-electron chi connectivity index (χ3n) is 4.27. The van der Waals surface area contributed by atoms with E-state index in [9.17, 15) is 4.79 Å². The highest BCUT2D eigenvalue weighted by molar-refractivity contribution is 7.18. The SMILES string of the molecule is CCc1ccc(O[C@@H](CC)C(=O)Nc2nnc(-c3ccc(OC)cc3)s2)cc1. The lowest BCUT2D eigenvalue weighted by Gasteiger charge is -2.16. The number of rotatable bonds is 8. The predicted molar refractivity (Wildman–Crippen MR) is 111 cm³/mol. The van der Waals surface area contributed by atoms with Gasteiger partial charge in [-0.05, 0) is 54.8 Å². The molecule has 0 fully saturated rings. The molecule has 0 aliphatic rings. The fourth-order valence-corrected chi connectivity index (χ4v) is 3.35. The van der Waals surface area contributed by atoms with Crippen molar-refractivity contribution in [3.8, 4) is 22.1 Å². The highest BCUT2D eigenvalue weighted by atomic mass is 32.1. The van der Waals surface area contributed by atoms with E-state index in [1.807, 2.05) is 55.5 Å². The quantitative estimate of drug-likeness (QED) is 0.603. The number of carbonyl (C=O) groups excluding carboxylic acids is 1. The molecule has 2 aromatic carbocycles. The molecule has 146 valence electrons. The number of nitrogens with one attached hydrogen (secondary N) is 1. The Balaban J connectivity index is 1.64. The number of amides is 1. The second-order valence-electron chi connectivity index (χ2n) is 6.14. The van der Waals surface area contributed by atoms with Gasteiger partial charge in [-0.25, -0.2) is 0 Å². The van der Waals surface area contributed by atoms with E-state index in [2.05, 4.69) is 22.4 Å². The fourth-order valence-electron chi connectivity index (χ4n) is 2.60. The van der Waals surface area contributed by atoms with E-state index in [0.717, 1.165) is 22.7 Å². The number of anilines is 1. The van der Waals surface area contributed by atoms with Crippen molar-refractivity contribution < 1.29 is 14.3 Å². The predicted octanol–water partition coefficient (Wildman–Crippen LogP) is 4.57. The first-order valence-electron chi connectivity index (χ1n) is 9.17. The van der Waals surface area contributed by atoms with E-state index < -0.39 is 6.10 Å². The Morgan fingerprint density at radius 1 is 1.04 bits per heavy atom. The normalized spacial score (nSPS) is 11.7. The van der Waals surface area contributed by atoms with E-state index in [4.69, 9.17) is 9.47 Å². The summed E-state index contributed by atoms with van der Waals surface area (Å²) >= 11 is 1.32. The van der Waals surface area contributed by atoms with Gasteiger partial charge in [0.25, 0.3) is 5.91 Å². The van der Waals surface area contributed by atoms with Crippen molar-refractivity contribution in [2.75, 3.05) is 12.4 Å². The molecule has 3 aromatic rings. The van der Waals surface area contributed by atoms with Gasteiger partial charge in [0.15, 0.2) is 6.10 Å². The van der Waals surface area contributed by atoms with E-state index in [1.165, 1.54) is 16.9 Å². The molecule has 0 saturated carbocycles. The highest BCUT2D eigenvalue weighted by Crippen LogP contribution is 2.28. The van der Waals surface area contributed by atoms with Gasteiger partial charge < -0.3 is 9.47 Å². The number of ether oxygens (including phenoxy) is 2. The Morgan fingerprint density at radius 2 is 1.71 bits per heavy atom. The Hall–Kier alpha value is -2.93. The van der Waals surface area contributed by atoms with Crippen LogP contribution in [0, 0.1) is 0 Å². The molecule has 1 atom stereocenters. The first-order valence-corrected chi connectivity index (χ1v) is 9.99. The molecular weight excluding hydrogens is 374 g/mol. The number of aryl methyl sites for hydroxylation is 1. The molecule has 7 heteroatoms. The van der Waals surface area contributed by atoms with Gasteiger partial charge in [0.05, 0.1) is 7.11 Å². The standard InChI is InChI=1S/C21H23N3O3S/c1-4-14-6-10-17(11-7-14)27-18(5-2)19(25)22-21-24-23-20(28-21)15-8-12-16(26-3)13-9-15/h6-13,18H,4-5H2,1-3H3,(H,22,24,25)/t18-/m0/s1. The van der Waals surface area contributed by atoms with Crippen LogP contribution in [0.25, 0.3) is 10.6 Å². The Labute approximate surface area is 168 Å². The minimum absolute atomic E-state index is 0.237. The van der Waals surface area contributed by atoms with Crippen LogP contribution in [0.15, 0.2) is 48.5 Å². The summed E-state index contributed by atoms with van der Waals surface area (Å²) < 4.78 is 11.0. The third-order valence-corrected chi connectivity index (χ3v) is 5.15. The molecule has 0 radical (unpaired) electrons. The number of hydrogen-bond acceptors (Lipinski definition) is 6. The highest BCUT2D eigenvalue weighted by Gasteiger charge is 2.20. The zero-order valence-corrected chi connectivity index (χ0v) is 17.0. The first kappa shape index (κ1) is 19.8. The zero-order valence-electron chi connectivity index (χ0n) is 16.1. The maximum absolute atomic E-state index is 12.6. The van der Waals surface area contributed by atoms with Crippen molar-refractivity contribution in [2.45, 2.75) is 32.8 Å². The molecule has 0 aliphatic carbocycles. The smallest absolute Gasteiger partial charge is 0.267 e. The lowest BCUT2D eigenvalue weighted by molar-refractivity contribution is -0.122. The van der Waals surface area contributed by atoms with Crippen LogP contribution in [0.3, 0.4) is 0 Å². The molecule has 1 aromatic heterocycles. The van der Waals surface area contributed by atoms with E-state index in [0.29, 0.717) is 17.3 Å². The molecule has 6 nitrogen and oxygen atoms in total. The lowest BCUT2D eigenvalue weighted by Crippen LogP contribution is -2.32. The topological polar surface area (TPSA) is 73.3 Å². The van der Waals surface area contributed by atoms with Crippen LogP contribution in [0.4, 0.5) is 5.13 Å². The van der Waals surface area contributed by atoms with Crippen LogP contribution in [-0.2, 0) is 11.2 Å². The summed E-state index contributed by atoms with van der Waals surface area (Å²) in [6.07, 6.45) is 0.914. The lowest BCUT2D eigenvalue weighted by atomic mass is 10.2. The maximum atomic E-state index is 12.6. The van der Waals surface area contributed by atoms with Crippen molar-refractivity contribution >= 4 is 22.4 Å². The van der Waals surface area contributed by atoms with Crippen LogP contribution in [0.5, 0.6) is 11.5 Å². The average Bonchev–Trinajstić information content (AvgIpc) is 3.20. The van der Waals surface area contributed by atoms with Crippen LogP contribution >= 0.6 is 11.3 Å². The van der Waals surface area contributed by atoms with Gasteiger partial charge in [-0.2, -0.15) is 0 Å². The van der Waals surface area contributed by atoms with Gasteiger partial charge in [-0.3, -0.25) is 10.1 Å². The van der Waals surface area contributed by atoms with Crippen LogP contribution in [0.1, 0.15) is 25.8 Å². The summed E-state index contributed by atoms with van der Waals surface area (Å²) in [7, 11) is 1.62. The first-order chi connectivity index (χ1) is 13.6. The number of aromatic nitrogens is 2. The van der Waals surface area contributed by atoms with E-state index in [1.54, 1.807) is 7.11 Å². The zero-order chi connectivity index (χ0) is 19.9. The summed E-state index contributed by atoms with van der Waals surface area (Å²) in [5.74, 6) is 1.21. The number of benzene rings is 2. The Bertz CT molecular complexity index is 907. The Morgan fingerprint density at radius 3 is 2.32 bits per heavy atom. The molecule has 0 saturated heterocycles. The summed E-state index contributed by atoms with van der Waals surface area (Å²) in [6.45, 7) is 4.01. The minimum Gasteiger partial charge on any atom is -0.497 e. The molecule has 1 heterocycles. The minimum atomic E-state index is -0.596. The second kappa shape index (κ2) is 9.32. The molecule has 0 unspecified atom stereocenters. The number of carbonyl (C=O) groups is 1. The summed E-state index contributed by atoms with van der Waals surface area (Å²) in [5, 5.41) is 12.2. The molecule has 0 bridgehead atoms. The molecular formula is C21H23N3O3S. The monoisotopic (exact) mass is 397 g/mol. The summed E-state index contributed by atoms with van der Waals surface area (Å²) in [5.41, 5.74) is 2.14. The largest absolute Gasteiger partial charge is 0.497 e. The van der Waals surface area contributed by atoms with E-state index in [-0.39, 0.29) is 5.91 Å². The molecule has 3 rings (SSSR count). The number of hydrogen-bond donors (Lipinski definition) is 1. The van der Waals surface area contributed by atoms with Crippen LogP contribution in [-0.4, -0.2) is 29.3 Å². The van der Waals surface area contributed by atoms with Crippen molar-refractivity contribution in [3.63, 3.8) is 0 Å². The van der Waals surface area contributed by atoms with Gasteiger partial charge in [0, 0.05) is 5.56 Å². The van der Waals surface area contributed by atoms with E-state index >= 15 is 0 Å². The third kappa shape index (κ3) is 4.86. The van der Waals surface area contributed by atoms with Gasteiger partial charge in [0.1, 0.15) is 16.5 Å².